The van der Waals surface area contributed by atoms with Crippen molar-refractivity contribution in [1.29, 1.82) is 0 Å². The lowest BCUT2D eigenvalue weighted by molar-refractivity contribution is 0.0867. The van der Waals surface area contributed by atoms with Crippen LogP contribution in [-0.2, 0) is 0 Å². The van der Waals surface area contributed by atoms with Gasteiger partial charge in [0.15, 0.2) is 0 Å². The Morgan fingerprint density at radius 1 is 1.17 bits per heavy atom. The highest BCUT2D eigenvalue weighted by Gasteiger charge is 2.21. The minimum Gasteiger partial charge on any atom is -0.497 e. The largest absolute Gasteiger partial charge is 0.497 e. The fourth-order valence-electron chi connectivity index (χ4n) is 2.98. The minimum atomic E-state index is -0.215. The van der Waals surface area contributed by atoms with Crippen LogP contribution in [-0.4, -0.2) is 35.3 Å². The van der Waals surface area contributed by atoms with E-state index in [2.05, 4.69) is 10.3 Å². The number of aliphatic hydroxyl groups is 1. The summed E-state index contributed by atoms with van der Waals surface area (Å²) in [5.74, 6) is 0.683. The molecule has 0 spiro atoms. The van der Waals surface area contributed by atoms with Crippen LogP contribution in [0.3, 0.4) is 0 Å². The fourth-order valence-corrected chi connectivity index (χ4v) is 2.98. The van der Waals surface area contributed by atoms with Crippen molar-refractivity contribution in [3.8, 4) is 17.0 Å². The SMILES string of the molecule is COc1ccnc(-c2ccc(C(=O)NC3CCC(O)CC3)cc2)c1. The molecule has 126 valence electrons. The van der Waals surface area contributed by atoms with Crippen molar-refractivity contribution in [2.24, 2.45) is 0 Å². The van der Waals surface area contributed by atoms with Gasteiger partial charge in [0.05, 0.1) is 18.9 Å². The molecule has 2 N–H and O–H groups in total. The number of nitrogens with one attached hydrogen (secondary N) is 1. The quantitative estimate of drug-likeness (QED) is 0.906. The summed E-state index contributed by atoms with van der Waals surface area (Å²) >= 11 is 0. The normalized spacial score (nSPS) is 20.4. The maximum atomic E-state index is 12.3. The summed E-state index contributed by atoms with van der Waals surface area (Å²) < 4.78 is 5.21. The molecule has 1 saturated carbocycles. The average molecular weight is 326 g/mol. The number of hydrogen-bond donors (Lipinski definition) is 2. The van der Waals surface area contributed by atoms with Crippen LogP contribution in [0, 0.1) is 0 Å². The average Bonchev–Trinajstić information content (AvgIpc) is 2.64. The Hall–Kier alpha value is -2.40. The molecule has 24 heavy (non-hydrogen) atoms. The van der Waals surface area contributed by atoms with Crippen LogP contribution in [0.15, 0.2) is 42.6 Å². The molecule has 0 aliphatic heterocycles. The summed E-state index contributed by atoms with van der Waals surface area (Å²) in [6.45, 7) is 0. The number of rotatable bonds is 4. The summed E-state index contributed by atoms with van der Waals surface area (Å²) in [5.41, 5.74) is 2.38. The van der Waals surface area contributed by atoms with Crippen molar-refractivity contribution in [2.45, 2.75) is 37.8 Å². The molecule has 1 aromatic heterocycles. The van der Waals surface area contributed by atoms with Crippen molar-refractivity contribution in [3.05, 3.63) is 48.2 Å². The van der Waals surface area contributed by atoms with Gasteiger partial charge in [-0.1, -0.05) is 12.1 Å². The van der Waals surface area contributed by atoms with Gasteiger partial charge in [0.25, 0.3) is 5.91 Å². The van der Waals surface area contributed by atoms with E-state index in [1.807, 2.05) is 30.3 Å². The molecule has 5 nitrogen and oxygen atoms in total. The van der Waals surface area contributed by atoms with Gasteiger partial charge in [-0.3, -0.25) is 9.78 Å². The van der Waals surface area contributed by atoms with Crippen LogP contribution in [0.4, 0.5) is 0 Å². The summed E-state index contributed by atoms with van der Waals surface area (Å²) in [4.78, 5) is 16.7. The number of ether oxygens (including phenoxy) is 1. The number of nitrogens with zero attached hydrogens (tertiary/aromatic N) is 1. The van der Waals surface area contributed by atoms with E-state index in [4.69, 9.17) is 4.74 Å². The van der Waals surface area contributed by atoms with Gasteiger partial charge in [0.1, 0.15) is 5.75 Å². The van der Waals surface area contributed by atoms with E-state index in [1.165, 1.54) is 0 Å². The van der Waals surface area contributed by atoms with Crippen molar-refractivity contribution in [1.82, 2.24) is 10.3 Å². The molecule has 1 aliphatic rings. The zero-order valence-corrected chi connectivity index (χ0v) is 13.7. The van der Waals surface area contributed by atoms with Gasteiger partial charge in [-0.25, -0.2) is 0 Å². The predicted molar refractivity (Wildman–Crippen MR) is 92.0 cm³/mol. The predicted octanol–water partition coefficient (Wildman–Crippen LogP) is 2.79. The Kier molecular flexibility index (Phi) is 5.11. The Morgan fingerprint density at radius 2 is 1.88 bits per heavy atom. The van der Waals surface area contributed by atoms with Crippen LogP contribution in [0.25, 0.3) is 11.3 Å². The van der Waals surface area contributed by atoms with E-state index in [0.717, 1.165) is 42.7 Å². The van der Waals surface area contributed by atoms with E-state index < -0.39 is 0 Å². The number of hydrogen-bond acceptors (Lipinski definition) is 4. The highest BCUT2D eigenvalue weighted by Crippen LogP contribution is 2.22. The van der Waals surface area contributed by atoms with Crippen LogP contribution in [0.1, 0.15) is 36.0 Å². The highest BCUT2D eigenvalue weighted by atomic mass is 16.5. The van der Waals surface area contributed by atoms with Crippen molar-refractivity contribution < 1.29 is 14.6 Å². The maximum Gasteiger partial charge on any atom is 0.251 e. The maximum absolute atomic E-state index is 12.3. The van der Waals surface area contributed by atoms with Gasteiger partial charge in [0.2, 0.25) is 0 Å². The van der Waals surface area contributed by atoms with Gasteiger partial charge >= 0.3 is 0 Å². The number of pyridine rings is 1. The summed E-state index contributed by atoms with van der Waals surface area (Å²) in [7, 11) is 1.62. The molecule has 1 amide bonds. The lowest BCUT2D eigenvalue weighted by Gasteiger charge is -2.26. The molecule has 3 rings (SSSR count). The zero-order chi connectivity index (χ0) is 16.9. The molecule has 1 heterocycles. The molecule has 0 atom stereocenters. The number of benzene rings is 1. The molecule has 0 saturated heterocycles. The van der Waals surface area contributed by atoms with Crippen LogP contribution in [0.5, 0.6) is 5.75 Å². The third-order valence-electron chi connectivity index (χ3n) is 4.44. The molecule has 2 aromatic rings. The summed E-state index contributed by atoms with van der Waals surface area (Å²) in [6.07, 6.45) is 4.66. The standard InChI is InChI=1S/C19H22N2O3/c1-24-17-10-11-20-18(12-17)13-2-4-14(5-3-13)19(23)21-15-6-8-16(22)9-7-15/h2-5,10-12,15-16,22H,6-9H2,1H3,(H,21,23). The molecule has 1 aliphatic carbocycles. The molecule has 1 aromatic carbocycles. The van der Waals surface area contributed by atoms with Gasteiger partial charge < -0.3 is 15.2 Å². The topological polar surface area (TPSA) is 71.5 Å². The number of aliphatic hydroxyl groups excluding tert-OH is 1. The first kappa shape index (κ1) is 16.5. The smallest absolute Gasteiger partial charge is 0.251 e. The first-order valence-corrected chi connectivity index (χ1v) is 8.25. The molecular formula is C19H22N2O3. The Bertz CT molecular complexity index is 692. The third-order valence-corrected chi connectivity index (χ3v) is 4.44. The molecule has 0 unspecified atom stereocenters. The number of amides is 1. The first-order chi connectivity index (χ1) is 11.7. The molecule has 1 fully saturated rings. The molecule has 0 radical (unpaired) electrons. The number of aromatic nitrogens is 1. The second kappa shape index (κ2) is 7.45. The monoisotopic (exact) mass is 326 g/mol. The Morgan fingerprint density at radius 3 is 2.54 bits per heavy atom. The van der Waals surface area contributed by atoms with Crippen LogP contribution < -0.4 is 10.1 Å². The zero-order valence-electron chi connectivity index (χ0n) is 13.7. The lowest BCUT2D eigenvalue weighted by atomic mass is 9.93. The fraction of sp³-hybridized carbons (Fsp3) is 0.368. The summed E-state index contributed by atoms with van der Waals surface area (Å²) in [5, 5.41) is 12.6. The molecule has 5 heteroatoms. The second-order valence-electron chi connectivity index (χ2n) is 6.14. The first-order valence-electron chi connectivity index (χ1n) is 8.25. The van der Waals surface area contributed by atoms with Gasteiger partial charge in [-0.15, -0.1) is 0 Å². The lowest BCUT2D eigenvalue weighted by Crippen LogP contribution is -2.38. The van der Waals surface area contributed by atoms with Gasteiger partial charge in [0, 0.05) is 29.4 Å². The van der Waals surface area contributed by atoms with Crippen molar-refractivity contribution >= 4 is 5.91 Å². The van der Waals surface area contributed by atoms with E-state index in [-0.39, 0.29) is 18.1 Å². The number of methoxy groups -OCH3 is 1. The Labute approximate surface area is 141 Å². The second-order valence-corrected chi connectivity index (χ2v) is 6.14. The Balaban J connectivity index is 1.66. The summed E-state index contributed by atoms with van der Waals surface area (Å²) in [6, 6.07) is 11.2. The van der Waals surface area contributed by atoms with Gasteiger partial charge in [-0.2, -0.15) is 0 Å². The van der Waals surface area contributed by atoms with E-state index in [9.17, 15) is 9.90 Å². The van der Waals surface area contributed by atoms with E-state index in [0.29, 0.717) is 5.56 Å². The molecular weight excluding hydrogens is 304 g/mol. The minimum absolute atomic E-state index is 0.0680. The third kappa shape index (κ3) is 3.92. The van der Waals surface area contributed by atoms with E-state index in [1.54, 1.807) is 19.4 Å². The van der Waals surface area contributed by atoms with Crippen LogP contribution in [0.2, 0.25) is 0 Å². The van der Waals surface area contributed by atoms with Crippen molar-refractivity contribution in [2.75, 3.05) is 7.11 Å². The number of carbonyl (C=O) groups excluding carboxylic acids is 1. The highest BCUT2D eigenvalue weighted by molar-refractivity contribution is 5.94. The van der Waals surface area contributed by atoms with Crippen molar-refractivity contribution in [3.63, 3.8) is 0 Å². The molecule has 0 bridgehead atoms. The van der Waals surface area contributed by atoms with Gasteiger partial charge in [-0.05, 0) is 43.9 Å². The van der Waals surface area contributed by atoms with E-state index >= 15 is 0 Å². The van der Waals surface area contributed by atoms with Crippen LogP contribution >= 0.6 is 0 Å². The number of carbonyl (C=O) groups is 1.